The highest BCUT2D eigenvalue weighted by Crippen LogP contribution is 2.21. The van der Waals surface area contributed by atoms with Gasteiger partial charge in [-0.05, 0) is 24.6 Å². The van der Waals surface area contributed by atoms with Crippen LogP contribution in [0.5, 0.6) is 5.75 Å². The van der Waals surface area contributed by atoms with Crippen LogP contribution >= 0.6 is 0 Å². The quantitative estimate of drug-likeness (QED) is 0.669. The predicted molar refractivity (Wildman–Crippen MR) is 80.9 cm³/mol. The molecule has 0 saturated heterocycles. The minimum Gasteiger partial charge on any atom is -0.517 e. The van der Waals surface area contributed by atoms with Crippen LogP contribution in [0, 0.1) is 0 Å². The molecule has 2 aromatic carbocycles. The molecule has 0 aliphatic carbocycles. The van der Waals surface area contributed by atoms with Crippen molar-refractivity contribution in [1.29, 1.82) is 0 Å². The van der Waals surface area contributed by atoms with E-state index in [-0.39, 0.29) is 0 Å². The summed E-state index contributed by atoms with van der Waals surface area (Å²) >= 11 is 0. The highest BCUT2D eigenvalue weighted by molar-refractivity contribution is 6.79. The molecule has 2 rings (SSSR count). The van der Waals surface area contributed by atoms with Crippen LogP contribution in [-0.4, -0.2) is 13.4 Å². The van der Waals surface area contributed by atoms with Crippen LogP contribution in [0.15, 0.2) is 67.3 Å². The molecule has 0 amide bonds. The molecule has 3 heteroatoms. The molecule has 2 nitrogen and oxygen atoms in total. The molecule has 0 radical (unpaired) electrons. The van der Waals surface area contributed by atoms with Gasteiger partial charge in [-0.2, -0.15) is 0 Å². The van der Waals surface area contributed by atoms with Crippen molar-refractivity contribution < 1.29 is 9.22 Å². The Morgan fingerprint density at radius 2 is 1.74 bits per heavy atom. The summed E-state index contributed by atoms with van der Waals surface area (Å²) in [4.78, 5) is 10.6. The summed E-state index contributed by atoms with van der Waals surface area (Å²) in [5, 5.41) is 0.864. The molecular formula is C16H18O2Si. The van der Waals surface area contributed by atoms with Gasteiger partial charge < -0.3 is 9.22 Å². The minimum atomic E-state index is -2.91. The molecule has 0 aliphatic heterocycles. The van der Waals surface area contributed by atoms with Gasteiger partial charge >= 0.3 is 8.56 Å². The SMILES string of the molecule is C=CCc1ccccc1O[Si](C)(O)c1ccccc1. The first kappa shape index (κ1) is 13.6. The van der Waals surface area contributed by atoms with E-state index in [2.05, 4.69) is 6.58 Å². The topological polar surface area (TPSA) is 29.5 Å². The van der Waals surface area contributed by atoms with Crippen molar-refractivity contribution in [2.24, 2.45) is 0 Å². The van der Waals surface area contributed by atoms with E-state index in [1.165, 1.54) is 0 Å². The average Bonchev–Trinajstić information content (AvgIpc) is 2.42. The molecule has 98 valence electrons. The fraction of sp³-hybridized carbons (Fsp3) is 0.125. The molecule has 0 heterocycles. The van der Waals surface area contributed by atoms with E-state index in [0.717, 1.165) is 22.9 Å². The third-order valence-electron chi connectivity index (χ3n) is 2.95. The van der Waals surface area contributed by atoms with Crippen molar-refractivity contribution in [2.45, 2.75) is 13.0 Å². The molecule has 2 aromatic rings. The van der Waals surface area contributed by atoms with E-state index >= 15 is 0 Å². The molecular weight excluding hydrogens is 252 g/mol. The Kier molecular flexibility index (Phi) is 4.19. The molecule has 0 aromatic heterocycles. The van der Waals surface area contributed by atoms with E-state index < -0.39 is 8.56 Å². The van der Waals surface area contributed by atoms with Gasteiger partial charge in [0, 0.05) is 5.19 Å². The van der Waals surface area contributed by atoms with Crippen molar-refractivity contribution in [1.82, 2.24) is 0 Å². The van der Waals surface area contributed by atoms with Gasteiger partial charge in [-0.3, -0.25) is 0 Å². The lowest BCUT2D eigenvalue weighted by molar-refractivity contribution is 0.398. The normalized spacial score (nSPS) is 13.6. The lowest BCUT2D eigenvalue weighted by Crippen LogP contribution is -2.51. The first-order chi connectivity index (χ1) is 9.13. The molecule has 1 atom stereocenters. The summed E-state index contributed by atoms with van der Waals surface area (Å²) in [6, 6.07) is 17.3. The second-order valence-electron chi connectivity index (χ2n) is 4.55. The Hall–Kier alpha value is -1.84. The highest BCUT2D eigenvalue weighted by Gasteiger charge is 2.32. The summed E-state index contributed by atoms with van der Waals surface area (Å²) < 4.78 is 5.92. The van der Waals surface area contributed by atoms with Crippen LogP contribution in [0.3, 0.4) is 0 Å². The lowest BCUT2D eigenvalue weighted by atomic mass is 10.1. The van der Waals surface area contributed by atoms with Crippen LogP contribution < -0.4 is 9.61 Å². The molecule has 0 spiro atoms. The molecule has 1 N–H and O–H groups in total. The molecule has 19 heavy (non-hydrogen) atoms. The Balaban J connectivity index is 2.27. The molecule has 0 saturated carbocycles. The lowest BCUT2D eigenvalue weighted by Gasteiger charge is -2.23. The number of hydrogen-bond acceptors (Lipinski definition) is 2. The number of hydrogen-bond donors (Lipinski definition) is 1. The van der Waals surface area contributed by atoms with E-state index in [4.69, 9.17) is 4.43 Å². The summed E-state index contributed by atoms with van der Waals surface area (Å²) in [6.07, 6.45) is 2.57. The van der Waals surface area contributed by atoms with Crippen molar-refractivity contribution in [2.75, 3.05) is 0 Å². The largest absolute Gasteiger partial charge is 0.517 e. The zero-order chi connectivity index (χ0) is 13.7. The maximum atomic E-state index is 10.6. The van der Waals surface area contributed by atoms with Gasteiger partial charge in [0.05, 0.1) is 0 Å². The molecule has 1 unspecified atom stereocenters. The van der Waals surface area contributed by atoms with Crippen molar-refractivity contribution in [3.63, 3.8) is 0 Å². The summed E-state index contributed by atoms with van der Waals surface area (Å²) in [6.45, 7) is 5.53. The second kappa shape index (κ2) is 5.86. The molecule has 0 fully saturated rings. The Bertz CT molecular complexity index is 550. The summed E-state index contributed by atoms with van der Waals surface area (Å²) in [5.74, 6) is 0.739. The first-order valence-corrected chi connectivity index (χ1v) is 8.65. The summed E-state index contributed by atoms with van der Waals surface area (Å²) in [5.41, 5.74) is 1.04. The number of allylic oxidation sites excluding steroid dienone is 1. The predicted octanol–water partition coefficient (Wildman–Crippen LogP) is 2.77. The van der Waals surface area contributed by atoms with Crippen molar-refractivity contribution in [3.8, 4) is 5.75 Å². The zero-order valence-electron chi connectivity index (χ0n) is 11.0. The maximum absolute atomic E-state index is 10.6. The molecule has 0 aliphatic rings. The van der Waals surface area contributed by atoms with Crippen LogP contribution in [0.2, 0.25) is 6.55 Å². The van der Waals surface area contributed by atoms with Crippen LogP contribution in [0.4, 0.5) is 0 Å². The van der Waals surface area contributed by atoms with E-state index in [0.29, 0.717) is 0 Å². The standard InChI is InChI=1S/C16H18O2Si/c1-3-9-14-10-7-8-13-16(14)18-19(2,17)15-11-5-4-6-12-15/h3-8,10-13,17H,1,9H2,2H3. The van der Waals surface area contributed by atoms with Crippen molar-refractivity contribution in [3.05, 3.63) is 72.8 Å². The third kappa shape index (κ3) is 3.34. The zero-order valence-corrected chi connectivity index (χ0v) is 12.0. The second-order valence-corrected chi connectivity index (χ2v) is 7.30. The number of benzene rings is 2. The van der Waals surface area contributed by atoms with E-state index in [1.54, 1.807) is 6.55 Å². The van der Waals surface area contributed by atoms with Gasteiger partial charge in [0.2, 0.25) is 0 Å². The van der Waals surface area contributed by atoms with Crippen LogP contribution in [0.1, 0.15) is 5.56 Å². The number of rotatable bonds is 5. The van der Waals surface area contributed by atoms with Crippen molar-refractivity contribution >= 4 is 13.7 Å². The highest BCUT2D eigenvalue weighted by atomic mass is 28.4. The van der Waals surface area contributed by atoms with Crippen LogP contribution in [-0.2, 0) is 6.42 Å². The van der Waals surface area contributed by atoms with Gasteiger partial charge in [-0.1, -0.05) is 54.6 Å². The fourth-order valence-corrected chi connectivity index (χ4v) is 3.50. The first-order valence-electron chi connectivity index (χ1n) is 6.29. The monoisotopic (exact) mass is 270 g/mol. The van der Waals surface area contributed by atoms with Gasteiger partial charge in [0.1, 0.15) is 5.75 Å². The Morgan fingerprint density at radius 1 is 1.11 bits per heavy atom. The average molecular weight is 270 g/mol. The fourth-order valence-electron chi connectivity index (χ4n) is 1.95. The molecule has 0 bridgehead atoms. The Morgan fingerprint density at radius 3 is 2.42 bits per heavy atom. The third-order valence-corrected chi connectivity index (χ3v) is 4.98. The van der Waals surface area contributed by atoms with E-state index in [9.17, 15) is 4.80 Å². The smallest absolute Gasteiger partial charge is 0.427 e. The van der Waals surface area contributed by atoms with Crippen LogP contribution in [0.25, 0.3) is 0 Å². The minimum absolute atomic E-state index is 0.732. The Labute approximate surface area is 115 Å². The number of para-hydroxylation sites is 1. The van der Waals surface area contributed by atoms with Gasteiger partial charge in [0.15, 0.2) is 0 Å². The van der Waals surface area contributed by atoms with E-state index in [1.807, 2.05) is 60.7 Å². The van der Waals surface area contributed by atoms with Gasteiger partial charge in [-0.15, -0.1) is 6.58 Å². The maximum Gasteiger partial charge on any atom is 0.427 e. The summed E-state index contributed by atoms with van der Waals surface area (Å²) in [7, 11) is -2.91. The van der Waals surface area contributed by atoms with Gasteiger partial charge in [-0.25, -0.2) is 0 Å². The van der Waals surface area contributed by atoms with Gasteiger partial charge in [0.25, 0.3) is 0 Å².